The summed E-state index contributed by atoms with van der Waals surface area (Å²) < 4.78 is 5.83. The fraction of sp³-hybridized carbons (Fsp3) is 0.483. The van der Waals surface area contributed by atoms with Crippen molar-refractivity contribution in [1.29, 1.82) is 0 Å². The summed E-state index contributed by atoms with van der Waals surface area (Å²) in [4.78, 5) is 43.7. The van der Waals surface area contributed by atoms with Crippen molar-refractivity contribution in [3.63, 3.8) is 0 Å². The molecule has 4 rings (SSSR count). The van der Waals surface area contributed by atoms with Gasteiger partial charge in [-0.15, -0.1) is 0 Å². The molecule has 3 amide bonds. The Morgan fingerprint density at radius 2 is 1.78 bits per heavy atom. The van der Waals surface area contributed by atoms with Crippen LogP contribution in [0.4, 0.5) is 0 Å². The lowest BCUT2D eigenvalue weighted by atomic mass is 9.69. The van der Waals surface area contributed by atoms with Crippen molar-refractivity contribution < 1.29 is 19.1 Å². The molecule has 8 heteroatoms. The van der Waals surface area contributed by atoms with Crippen molar-refractivity contribution in [3.8, 4) is 5.75 Å². The topological polar surface area (TPSA) is 105 Å². The normalized spacial score (nSPS) is 22.7. The summed E-state index contributed by atoms with van der Waals surface area (Å²) in [5.74, 6) is 0.161. The maximum Gasteiger partial charge on any atom is 0.245 e. The molecule has 2 heterocycles. The molecule has 0 saturated carbocycles. The van der Waals surface area contributed by atoms with E-state index in [1.165, 1.54) is 0 Å². The van der Waals surface area contributed by atoms with E-state index in [1.807, 2.05) is 55.6 Å². The molecule has 0 aliphatic carbocycles. The average Bonchev–Trinajstić information content (AvgIpc) is 3.13. The Morgan fingerprint density at radius 1 is 1.14 bits per heavy atom. The molecule has 8 nitrogen and oxygen atoms in total. The SMILES string of the molecule is CN1CC(c2ccccc2)[C@@]2(CCCN(C(=O)C(CCOc3ccccc3)NC(=O)C(C)(C)N)C2)C1=O. The number of hydrogen-bond acceptors (Lipinski definition) is 5. The van der Waals surface area contributed by atoms with Gasteiger partial charge in [-0.3, -0.25) is 14.4 Å². The molecule has 2 aliphatic heterocycles. The summed E-state index contributed by atoms with van der Waals surface area (Å²) in [6, 6.07) is 18.6. The van der Waals surface area contributed by atoms with Gasteiger partial charge in [-0.25, -0.2) is 0 Å². The minimum Gasteiger partial charge on any atom is -0.494 e. The van der Waals surface area contributed by atoms with Crippen molar-refractivity contribution in [2.24, 2.45) is 11.1 Å². The second-order valence-corrected chi connectivity index (χ2v) is 10.9. The molecule has 3 atom stereocenters. The highest BCUT2D eigenvalue weighted by Gasteiger charge is 2.55. The van der Waals surface area contributed by atoms with Crippen molar-refractivity contribution in [2.45, 2.75) is 50.6 Å². The highest BCUT2D eigenvalue weighted by atomic mass is 16.5. The van der Waals surface area contributed by atoms with Crippen LogP contribution in [0.3, 0.4) is 0 Å². The highest BCUT2D eigenvalue weighted by Crippen LogP contribution is 2.49. The van der Waals surface area contributed by atoms with Gasteiger partial charge < -0.3 is 25.6 Å². The maximum absolute atomic E-state index is 13.9. The van der Waals surface area contributed by atoms with Gasteiger partial charge in [0.05, 0.1) is 17.6 Å². The van der Waals surface area contributed by atoms with Crippen LogP contribution < -0.4 is 15.8 Å². The molecule has 0 radical (unpaired) electrons. The number of likely N-dealkylation sites (N-methyl/N-ethyl adjacent to an activating group) is 1. The van der Waals surface area contributed by atoms with Gasteiger partial charge in [-0.05, 0) is 44.4 Å². The highest BCUT2D eigenvalue weighted by molar-refractivity contribution is 5.92. The van der Waals surface area contributed by atoms with Gasteiger partial charge in [0.1, 0.15) is 11.8 Å². The second-order valence-electron chi connectivity index (χ2n) is 10.9. The third kappa shape index (κ3) is 5.80. The van der Waals surface area contributed by atoms with E-state index >= 15 is 0 Å². The third-order valence-electron chi connectivity index (χ3n) is 7.54. The van der Waals surface area contributed by atoms with Gasteiger partial charge in [0.15, 0.2) is 0 Å². The van der Waals surface area contributed by atoms with Crippen LogP contribution in [0.15, 0.2) is 60.7 Å². The lowest BCUT2D eigenvalue weighted by Crippen LogP contribution is -2.59. The number of benzene rings is 2. The van der Waals surface area contributed by atoms with Crippen LogP contribution in [0.2, 0.25) is 0 Å². The number of para-hydroxylation sites is 1. The van der Waals surface area contributed by atoms with E-state index in [0.29, 0.717) is 25.4 Å². The Labute approximate surface area is 219 Å². The van der Waals surface area contributed by atoms with Gasteiger partial charge in [-0.1, -0.05) is 48.5 Å². The number of likely N-dealkylation sites (tertiary alicyclic amines) is 2. The lowest BCUT2D eigenvalue weighted by molar-refractivity contribution is -0.146. The van der Waals surface area contributed by atoms with Crippen LogP contribution in [0, 0.1) is 5.41 Å². The largest absolute Gasteiger partial charge is 0.494 e. The van der Waals surface area contributed by atoms with E-state index in [-0.39, 0.29) is 30.8 Å². The first-order chi connectivity index (χ1) is 17.6. The van der Waals surface area contributed by atoms with Gasteiger partial charge >= 0.3 is 0 Å². The molecule has 1 spiro atoms. The van der Waals surface area contributed by atoms with Crippen LogP contribution in [0.1, 0.15) is 44.6 Å². The van der Waals surface area contributed by atoms with Crippen LogP contribution >= 0.6 is 0 Å². The van der Waals surface area contributed by atoms with Crippen molar-refractivity contribution in [3.05, 3.63) is 66.2 Å². The van der Waals surface area contributed by atoms with Gasteiger partial charge in [0.2, 0.25) is 17.7 Å². The third-order valence-corrected chi connectivity index (χ3v) is 7.54. The molecular weight excluding hydrogens is 468 g/mol. The Bertz CT molecular complexity index is 1100. The quantitative estimate of drug-likeness (QED) is 0.573. The Kier molecular flexibility index (Phi) is 7.87. The first-order valence-corrected chi connectivity index (χ1v) is 13.0. The molecule has 2 aliphatic rings. The second kappa shape index (κ2) is 10.9. The Hall–Kier alpha value is -3.39. The summed E-state index contributed by atoms with van der Waals surface area (Å²) in [7, 11) is 1.83. The number of nitrogens with one attached hydrogen (secondary N) is 1. The van der Waals surface area contributed by atoms with Gasteiger partial charge in [0, 0.05) is 39.0 Å². The lowest BCUT2D eigenvalue weighted by Gasteiger charge is -2.43. The number of rotatable bonds is 8. The monoisotopic (exact) mass is 506 g/mol. The fourth-order valence-electron chi connectivity index (χ4n) is 5.53. The molecule has 0 bridgehead atoms. The number of carbonyl (C=O) groups is 3. The molecule has 2 fully saturated rings. The van der Waals surface area contributed by atoms with Crippen molar-refractivity contribution >= 4 is 17.7 Å². The van der Waals surface area contributed by atoms with Crippen LogP contribution in [-0.2, 0) is 14.4 Å². The van der Waals surface area contributed by atoms with Crippen LogP contribution in [0.25, 0.3) is 0 Å². The molecule has 37 heavy (non-hydrogen) atoms. The summed E-state index contributed by atoms with van der Waals surface area (Å²) in [5, 5.41) is 2.85. The average molecular weight is 507 g/mol. The number of nitrogens with zero attached hydrogens (tertiary/aromatic N) is 2. The summed E-state index contributed by atoms with van der Waals surface area (Å²) in [6.45, 7) is 4.95. The molecule has 0 aromatic heterocycles. The van der Waals surface area contributed by atoms with Gasteiger partial charge in [0.25, 0.3) is 0 Å². The standard InChI is InChI=1S/C29H38N4O4/c1-28(2,30)26(35)31-24(15-18-37-22-13-8-5-9-14-22)25(34)33-17-10-16-29(20-33)23(19-32(3)27(29)36)21-11-6-4-7-12-21/h4-9,11-14,23-24H,10,15-20,30H2,1-3H3,(H,31,35)/t23?,24?,29-/m0/s1. The first kappa shape index (κ1) is 26.7. The van der Waals surface area contributed by atoms with E-state index in [2.05, 4.69) is 17.4 Å². The smallest absolute Gasteiger partial charge is 0.245 e. The molecule has 3 N–H and O–H groups in total. The molecule has 2 saturated heterocycles. The number of carbonyl (C=O) groups excluding carboxylic acids is 3. The van der Waals surface area contributed by atoms with E-state index < -0.39 is 22.9 Å². The molecule has 2 aromatic rings. The summed E-state index contributed by atoms with van der Waals surface area (Å²) in [6.07, 6.45) is 1.73. The molecular formula is C29H38N4O4. The number of ether oxygens (including phenoxy) is 1. The van der Waals surface area contributed by atoms with E-state index in [0.717, 1.165) is 18.4 Å². The van der Waals surface area contributed by atoms with Crippen molar-refractivity contribution in [2.75, 3.05) is 33.3 Å². The van der Waals surface area contributed by atoms with E-state index in [1.54, 1.807) is 23.6 Å². The predicted octanol–water partition coefficient (Wildman–Crippen LogP) is 2.54. The minimum absolute atomic E-state index is 0.000713. The molecule has 2 unspecified atom stereocenters. The number of piperidine rings is 1. The van der Waals surface area contributed by atoms with Crippen LogP contribution in [-0.4, -0.2) is 72.4 Å². The predicted molar refractivity (Wildman–Crippen MR) is 142 cm³/mol. The summed E-state index contributed by atoms with van der Waals surface area (Å²) in [5.41, 5.74) is 5.32. The summed E-state index contributed by atoms with van der Waals surface area (Å²) >= 11 is 0. The zero-order chi connectivity index (χ0) is 26.6. The van der Waals surface area contributed by atoms with Crippen molar-refractivity contribution in [1.82, 2.24) is 15.1 Å². The maximum atomic E-state index is 13.9. The Balaban J connectivity index is 1.54. The number of nitrogens with two attached hydrogens (primary N) is 1. The number of amides is 3. The Morgan fingerprint density at radius 3 is 2.43 bits per heavy atom. The molecule has 198 valence electrons. The zero-order valence-corrected chi connectivity index (χ0v) is 22.0. The zero-order valence-electron chi connectivity index (χ0n) is 22.0. The fourth-order valence-corrected chi connectivity index (χ4v) is 5.53. The minimum atomic E-state index is -1.13. The van der Waals surface area contributed by atoms with E-state index in [9.17, 15) is 14.4 Å². The van der Waals surface area contributed by atoms with E-state index in [4.69, 9.17) is 10.5 Å². The number of hydrogen-bond donors (Lipinski definition) is 2. The molecule has 2 aromatic carbocycles. The van der Waals surface area contributed by atoms with Crippen LogP contribution in [0.5, 0.6) is 5.75 Å². The first-order valence-electron chi connectivity index (χ1n) is 13.0. The van der Waals surface area contributed by atoms with Gasteiger partial charge in [-0.2, -0.15) is 0 Å².